The van der Waals surface area contributed by atoms with Crippen LogP contribution in [-0.4, -0.2) is 6.61 Å². The summed E-state index contributed by atoms with van der Waals surface area (Å²) < 4.78 is 5.61. The fraction of sp³-hybridized carbons (Fsp3) is 0.455. The minimum atomic E-state index is 0.598. The average Bonchev–Trinajstić information content (AvgIpc) is 2.92. The van der Waals surface area contributed by atoms with E-state index in [0.29, 0.717) is 10.0 Å². The van der Waals surface area contributed by atoms with Crippen LogP contribution in [0.2, 0.25) is 10.0 Å². The molecule has 2 rings (SSSR count). The molecule has 1 aliphatic rings. The molecule has 0 amide bonds. The molecule has 3 heteroatoms. The minimum absolute atomic E-state index is 0.598. The Morgan fingerprint density at radius 2 is 2.00 bits per heavy atom. The van der Waals surface area contributed by atoms with Gasteiger partial charge in [-0.05, 0) is 43.4 Å². The molecule has 0 bridgehead atoms. The first kappa shape index (κ1) is 10.1. The minimum Gasteiger partial charge on any atom is -0.492 e. The number of hydrogen-bond donors (Lipinski definition) is 0. The van der Waals surface area contributed by atoms with Gasteiger partial charge in [-0.2, -0.15) is 0 Å². The van der Waals surface area contributed by atoms with E-state index in [1.807, 2.05) is 13.0 Å². The number of ether oxygens (including phenoxy) is 1. The van der Waals surface area contributed by atoms with E-state index in [4.69, 9.17) is 27.9 Å². The van der Waals surface area contributed by atoms with Gasteiger partial charge >= 0.3 is 0 Å². The van der Waals surface area contributed by atoms with Crippen molar-refractivity contribution in [2.45, 2.75) is 19.8 Å². The topological polar surface area (TPSA) is 9.23 Å². The molecule has 1 nitrogen and oxygen atoms in total. The van der Waals surface area contributed by atoms with Gasteiger partial charge in [0.1, 0.15) is 5.75 Å². The van der Waals surface area contributed by atoms with Gasteiger partial charge in [0.15, 0.2) is 0 Å². The molecule has 1 aromatic carbocycles. The Hall–Kier alpha value is -0.400. The van der Waals surface area contributed by atoms with Crippen LogP contribution in [0.5, 0.6) is 5.75 Å². The zero-order valence-electron chi connectivity index (χ0n) is 8.02. The summed E-state index contributed by atoms with van der Waals surface area (Å²) in [5.41, 5.74) is 1.00. The molecule has 0 aromatic heterocycles. The van der Waals surface area contributed by atoms with Crippen molar-refractivity contribution in [1.29, 1.82) is 0 Å². The first-order chi connectivity index (χ1) is 6.66. The monoisotopic (exact) mass is 230 g/mol. The van der Waals surface area contributed by atoms with E-state index in [1.165, 1.54) is 12.8 Å². The smallest absolute Gasteiger partial charge is 0.138 e. The molecular formula is C11H12Cl2O. The zero-order valence-corrected chi connectivity index (χ0v) is 9.53. The summed E-state index contributed by atoms with van der Waals surface area (Å²) >= 11 is 11.9. The molecule has 0 aliphatic heterocycles. The lowest BCUT2D eigenvalue weighted by Crippen LogP contribution is -1.99. The second kappa shape index (κ2) is 4.00. The summed E-state index contributed by atoms with van der Waals surface area (Å²) in [4.78, 5) is 0. The van der Waals surface area contributed by atoms with Crippen LogP contribution >= 0.6 is 23.2 Å². The maximum Gasteiger partial charge on any atom is 0.138 e. The normalized spacial score (nSPS) is 15.6. The second-order valence-corrected chi connectivity index (χ2v) is 4.60. The molecule has 0 N–H and O–H groups in total. The van der Waals surface area contributed by atoms with Gasteiger partial charge in [-0.3, -0.25) is 0 Å². The highest BCUT2D eigenvalue weighted by molar-refractivity contribution is 6.35. The Morgan fingerprint density at radius 3 is 2.64 bits per heavy atom. The number of rotatable bonds is 3. The second-order valence-electron chi connectivity index (χ2n) is 3.79. The molecule has 0 radical (unpaired) electrons. The van der Waals surface area contributed by atoms with Gasteiger partial charge in [0, 0.05) is 5.02 Å². The predicted octanol–water partition coefficient (Wildman–Crippen LogP) is 4.09. The number of hydrogen-bond acceptors (Lipinski definition) is 1. The van der Waals surface area contributed by atoms with Crippen LogP contribution in [0.25, 0.3) is 0 Å². The van der Waals surface area contributed by atoms with Crippen molar-refractivity contribution in [2.24, 2.45) is 5.92 Å². The highest BCUT2D eigenvalue weighted by Gasteiger charge is 2.22. The molecule has 76 valence electrons. The molecule has 1 fully saturated rings. The third kappa shape index (κ3) is 2.34. The summed E-state index contributed by atoms with van der Waals surface area (Å²) in [5, 5.41) is 1.29. The standard InChI is InChI=1S/C11H12Cl2O/c1-7-4-11(10(13)5-9(7)12)14-6-8-2-3-8/h4-5,8H,2-3,6H2,1H3. The quantitative estimate of drug-likeness (QED) is 0.761. The average molecular weight is 231 g/mol. The van der Waals surface area contributed by atoms with Crippen LogP contribution in [-0.2, 0) is 0 Å². The first-order valence-corrected chi connectivity index (χ1v) is 5.51. The van der Waals surface area contributed by atoms with Crippen molar-refractivity contribution >= 4 is 23.2 Å². The van der Waals surface area contributed by atoms with Crippen LogP contribution in [0.15, 0.2) is 12.1 Å². The van der Waals surface area contributed by atoms with E-state index in [-0.39, 0.29) is 0 Å². The Labute approximate surface area is 94.0 Å². The van der Waals surface area contributed by atoms with Crippen LogP contribution in [0.1, 0.15) is 18.4 Å². The molecule has 0 spiro atoms. The molecule has 1 aliphatic carbocycles. The lowest BCUT2D eigenvalue weighted by molar-refractivity contribution is 0.300. The van der Waals surface area contributed by atoms with Crippen molar-refractivity contribution in [3.05, 3.63) is 27.7 Å². The summed E-state index contributed by atoms with van der Waals surface area (Å²) in [6.45, 7) is 2.73. The molecule has 0 heterocycles. The van der Waals surface area contributed by atoms with E-state index in [1.54, 1.807) is 6.07 Å². The molecular weight excluding hydrogens is 219 g/mol. The van der Waals surface area contributed by atoms with Gasteiger partial charge in [0.05, 0.1) is 11.6 Å². The van der Waals surface area contributed by atoms with Gasteiger partial charge in [-0.25, -0.2) is 0 Å². The summed E-state index contributed by atoms with van der Waals surface area (Å²) in [6, 6.07) is 3.63. The Kier molecular flexibility index (Phi) is 2.89. The lowest BCUT2D eigenvalue weighted by Gasteiger charge is -2.09. The van der Waals surface area contributed by atoms with E-state index >= 15 is 0 Å². The predicted molar refractivity (Wildman–Crippen MR) is 59.4 cm³/mol. The van der Waals surface area contributed by atoms with Crippen molar-refractivity contribution in [2.75, 3.05) is 6.61 Å². The van der Waals surface area contributed by atoms with Gasteiger partial charge in [0.25, 0.3) is 0 Å². The van der Waals surface area contributed by atoms with Crippen molar-refractivity contribution in [1.82, 2.24) is 0 Å². The number of halogens is 2. The largest absolute Gasteiger partial charge is 0.492 e. The number of aryl methyl sites for hydroxylation is 1. The SMILES string of the molecule is Cc1cc(OCC2CC2)c(Cl)cc1Cl. The first-order valence-electron chi connectivity index (χ1n) is 4.75. The Balaban J connectivity index is 2.10. The van der Waals surface area contributed by atoms with E-state index < -0.39 is 0 Å². The van der Waals surface area contributed by atoms with Crippen LogP contribution in [0.4, 0.5) is 0 Å². The zero-order chi connectivity index (χ0) is 10.1. The molecule has 1 aromatic rings. The summed E-state index contributed by atoms with van der Waals surface area (Å²) in [5.74, 6) is 1.49. The molecule has 0 saturated heterocycles. The highest BCUT2D eigenvalue weighted by atomic mass is 35.5. The third-order valence-corrected chi connectivity index (χ3v) is 3.09. The summed E-state index contributed by atoms with van der Waals surface area (Å²) in [7, 11) is 0. The van der Waals surface area contributed by atoms with Gasteiger partial charge in [-0.1, -0.05) is 23.2 Å². The maximum atomic E-state index is 6.00. The van der Waals surface area contributed by atoms with E-state index in [2.05, 4.69) is 0 Å². The van der Waals surface area contributed by atoms with Crippen LogP contribution < -0.4 is 4.74 Å². The van der Waals surface area contributed by atoms with Crippen molar-refractivity contribution < 1.29 is 4.74 Å². The number of benzene rings is 1. The fourth-order valence-electron chi connectivity index (χ4n) is 1.23. The maximum absolute atomic E-state index is 6.00. The summed E-state index contributed by atoms with van der Waals surface area (Å²) in [6.07, 6.45) is 2.56. The van der Waals surface area contributed by atoms with Gasteiger partial charge < -0.3 is 4.74 Å². The molecule has 14 heavy (non-hydrogen) atoms. The van der Waals surface area contributed by atoms with Gasteiger partial charge in [-0.15, -0.1) is 0 Å². The van der Waals surface area contributed by atoms with Crippen molar-refractivity contribution in [3.63, 3.8) is 0 Å². The Bertz CT molecular complexity index is 345. The Morgan fingerprint density at radius 1 is 1.29 bits per heavy atom. The van der Waals surface area contributed by atoms with Crippen LogP contribution in [0.3, 0.4) is 0 Å². The third-order valence-electron chi connectivity index (χ3n) is 2.38. The van der Waals surface area contributed by atoms with Crippen molar-refractivity contribution in [3.8, 4) is 5.75 Å². The van der Waals surface area contributed by atoms with E-state index in [9.17, 15) is 0 Å². The van der Waals surface area contributed by atoms with Gasteiger partial charge in [0.2, 0.25) is 0 Å². The fourth-order valence-corrected chi connectivity index (χ4v) is 1.67. The van der Waals surface area contributed by atoms with E-state index in [0.717, 1.165) is 23.8 Å². The molecule has 0 atom stereocenters. The molecule has 1 saturated carbocycles. The molecule has 0 unspecified atom stereocenters. The lowest BCUT2D eigenvalue weighted by atomic mass is 10.2. The highest BCUT2D eigenvalue weighted by Crippen LogP contribution is 2.34. The van der Waals surface area contributed by atoms with Crippen LogP contribution in [0, 0.1) is 12.8 Å².